The van der Waals surface area contributed by atoms with E-state index in [2.05, 4.69) is 24.1 Å². The Hall–Kier alpha value is -0.120. The molecular weight excluding hydrogens is 200 g/mol. The number of hydrogen-bond acceptors (Lipinski definition) is 3. The Kier molecular flexibility index (Phi) is 4.62. The summed E-state index contributed by atoms with van der Waals surface area (Å²) in [5.41, 5.74) is 0. The summed E-state index contributed by atoms with van der Waals surface area (Å²) >= 11 is 0. The lowest BCUT2D eigenvalue weighted by Gasteiger charge is -2.15. The van der Waals surface area contributed by atoms with E-state index in [1.807, 2.05) is 0 Å². The molecule has 1 saturated heterocycles. The lowest BCUT2D eigenvalue weighted by molar-refractivity contribution is 0.0804. The summed E-state index contributed by atoms with van der Waals surface area (Å²) < 4.78 is 5.50. The van der Waals surface area contributed by atoms with Crippen LogP contribution in [0.1, 0.15) is 33.1 Å². The third kappa shape index (κ3) is 4.04. The van der Waals surface area contributed by atoms with Crippen molar-refractivity contribution in [2.24, 2.45) is 5.92 Å². The van der Waals surface area contributed by atoms with Crippen LogP contribution in [0, 0.1) is 5.92 Å². The summed E-state index contributed by atoms with van der Waals surface area (Å²) in [5.74, 6) is 0.875. The Morgan fingerprint density at radius 1 is 1.31 bits per heavy atom. The zero-order chi connectivity index (χ0) is 11.4. The second-order valence-electron chi connectivity index (χ2n) is 5.50. The summed E-state index contributed by atoms with van der Waals surface area (Å²) in [6, 6.07) is 0.953. The van der Waals surface area contributed by atoms with Crippen LogP contribution < -0.4 is 5.32 Å². The van der Waals surface area contributed by atoms with Crippen molar-refractivity contribution in [2.75, 3.05) is 32.8 Å². The second-order valence-corrected chi connectivity index (χ2v) is 5.50. The van der Waals surface area contributed by atoms with Crippen molar-refractivity contribution in [1.29, 1.82) is 0 Å². The molecule has 16 heavy (non-hydrogen) atoms. The van der Waals surface area contributed by atoms with Crippen molar-refractivity contribution >= 4 is 0 Å². The summed E-state index contributed by atoms with van der Waals surface area (Å²) in [6.07, 6.45) is 4.64. The SMILES string of the molecule is CC(C)OCCNCC1CCN(C2CC2)C1. The standard InChI is InChI=1S/C13H26N2O/c1-11(2)16-8-6-14-9-12-5-7-15(10-12)13-3-4-13/h11-14H,3-10H2,1-2H3. The Labute approximate surface area is 99.5 Å². The number of nitrogens with one attached hydrogen (secondary N) is 1. The molecule has 0 radical (unpaired) electrons. The first-order chi connectivity index (χ1) is 7.75. The van der Waals surface area contributed by atoms with Crippen LogP contribution in [-0.2, 0) is 4.74 Å². The molecule has 1 aliphatic carbocycles. The molecule has 2 rings (SSSR count). The predicted molar refractivity (Wildman–Crippen MR) is 66.7 cm³/mol. The number of likely N-dealkylation sites (tertiary alicyclic amines) is 1. The van der Waals surface area contributed by atoms with Gasteiger partial charge in [0.15, 0.2) is 0 Å². The topological polar surface area (TPSA) is 24.5 Å². The van der Waals surface area contributed by atoms with Crippen molar-refractivity contribution in [3.63, 3.8) is 0 Å². The van der Waals surface area contributed by atoms with Gasteiger partial charge in [-0.15, -0.1) is 0 Å². The highest BCUT2D eigenvalue weighted by molar-refractivity contribution is 4.89. The Balaban J connectivity index is 1.47. The Morgan fingerprint density at radius 3 is 2.81 bits per heavy atom. The molecule has 0 spiro atoms. The predicted octanol–water partition coefficient (Wildman–Crippen LogP) is 1.49. The van der Waals surface area contributed by atoms with E-state index in [1.54, 1.807) is 0 Å². The maximum absolute atomic E-state index is 5.50. The molecule has 0 aromatic heterocycles. The summed E-state index contributed by atoms with van der Waals surface area (Å²) in [5, 5.41) is 3.51. The average molecular weight is 226 g/mol. The zero-order valence-corrected chi connectivity index (χ0v) is 10.7. The molecule has 94 valence electrons. The smallest absolute Gasteiger partial charge is 0.0594 e. The quantitative estimate of drug-likeness (QED) is 0.666. The van der Waals surface area contributed by atoms with Gasteiger partial charge in [-0.3, -0.25) is 0 Å². The summed E-state index contributed by atoms with van der Waals surface area (Å²) in [4.78, 5) is 2.68. The highest BCUT2D eigenvalue weighted by Gasteiger charge is 2.33. The molecule has 1 aliphatic heterocycles. The third-order valence-electron chi connectivity index (χ3n) is 3.54. The van der Waals surface area contributed by atoms with Crippen LogP contribution in [0.5, 0.6) is 0 Å². The van der Waals surface area contributed by atoms with Gasteiger partial charge in [0.25, 0.3) is 0 Å². The highest BCUT2D eigenvalue weighted by Crippen LogP contribution is 2.31. The van der Waals surface area contributed by atoms with E-state index >= 15 is 0 Å². The fourth-order valence-corrected chi connectivity index (χ4v) is 2.47. The van der Waals surface area contributed by atoms with Crippen molar-refractivity contribution in [3.05, 3.63) is 0 Å². The van der Waals surface area contributed by atoms with Gasteiger partial charge >= 0.3 is 0 Å². The van der Waals surface area contributed by atoms with Gasteiger partial charge in [0.1, 0.15) is 0 Å². The van der Waals surface area contributed by atoms with Gasteiger partial charge in [-0.1, -0.05) is 0 Å². The first-order valence-corrected chi connectivity index (χ1v) is 6.82. The van der Waals surface area contributed by atoms with Gasteiger partial charge in [-0.25, -0.2) is 0 Å². The van der Waals surface area contributed by atoms with E-state index in [0.717, 1.165) is 25.1 Å². The van der Waals surface area contributed by atoms with Gasteiger partial charge < -0.3 is 15.0 Å². The molecule has 0 amide bonds. The van der Waals surface area contributed by atoms with Gasteiger partial charge in [0.2, 0.25) is 0 Å². The summed E-state index contributed by atoms with van der Waals surface area (Å²) in [7, 11) is 0. The van der Waals surface area contributed by atoms with Crippen LogP contribution in [0.3, 0.4) is 0 Å². The van der Waals surface area contributed by atoms with E-state index < -0.39 is 0 Å². The van der Waals surface area contributed by atoms with Gasteiger partial charge in [0.05, 0.1) is 12.7 Å². The minimum atomic E-state index is 0.360. The van der Waals surface area contributed by atoms with Crippen molar-refractivity contribution in [1.82, 2.24) is 10.2 Å². The number of ether oxygens (including phenoxy) is 1. The van der Waals surface area contributed by atoms with Gasteiger partial charge in [0, 0.05) is 19.1 Å². The first kappa shape index (κ1) is 12.3. The number of nitrogens with zero attached hydrogens (tertiary/aromatic N) is 1. The summed E-state index contributed by atoms with van der Waals surface area (Å²) in [6.45, 7) is 9.84. The molecule has 0 aromatic carbocycles. The maximum Gasteiger partial charge on any atom is 0.0594 e. The number of hydrogen-bond donors (Lipinski definition) is 1. The minimum absolute atomic E-state index is 0.360. The average Bonchev–Trinajstić information content (AvgIpc) is 2.99. The molecule has 3 heteroatoms. The Morgan fingerprint density at radius 2 is 2.12 bits per heavy atom. The zero-order valence-electron chi connectivity index (χ0n) is 10.7. The van der Waals surface area contributed by atoms with Crippen molar-refractivity contribution in [2.45, 2.75) is 45.3 Å². The van der Waals surface area contributed by atoms with Crippen LogP contribution in [0.2, 0.25) is 0 Å². The van der Waals surface area contributed by atoms with E-state index in [4.69, 9.17) is 4.74 Å². The molecule has 3 nitrogen and oxygen atoms in total. The highest BCUT2D eigenvalue weighted by atomic mass is 16.5. The largest absolute Gasteiger partial charge is 0.377 e. The van der Waals surface area contributed by atoms with E-state index in [9.17, 15) is 0 Å². The first-order valence-electron chi connectivity index (χ1n) is 6.82. The molecule has 1 saturated carbocycles. The second kappa shape index (κ2) is 5.99. The molecular formula is C13H26N2O. The minimum Gasteiger partial charge on any atom is -0.377 e. The van der Waals surface area contributed by atoms with Crippen LogP contribution in [0.25, 0.3) is 0 Å². The van der Waals surface area contributed by atoms with Crippen LogP contribution >= 0.6 is 0 Å². The van der Waals surface area contributed by atoms with Gasteiger partial charge in [-0.05, 0) is 52.1 Å². The van der Waals surface area contributed by atoms with Crippen molar-refractivity contribution in [3.8, 4) is 0 Å². The normalized spacial score (nSPS) is 26.8. The molecule has 1 atom stereocenters. The van der Waals surface area contributed by atoms with Crippen molar-refractivity contribution < 1.29 is 4.74 Å². The van der Waals surface area contributed by atoms with Crippen LogP contribution in [0.15, 0.2) is 0 Å². The fourth-order valence-electron chi connectivity index (χ4n) is 2.47. The lowest BCUT2D eigenvalue weighted by Crippen LogP contribution is -2.29. The van der Waals surface area contributed by atoms with E-state index in [0.29, 0.717) is 6.10 Å². The molecule has 2 aliphatic rings. The Bertz CT molecular complexity index is 204. The van der Waals surface area contributed by atoms with Crippen LogP contribution in [-0.4, -0.2) is 49.8 Å². The van der Waals surface area contributed by atoms with E-state index in [1.165, 1.54) is 38.9 Å². The lowest BCUT2D eigenvalue weighted by atomic mass is 10.1. The monoisotopic (exact) mass is 226 g/mol. The van der Waals surface area contributed by atoms with E-state index in [-0.39, 0.29) is 0 Å². The third-order valence-corrected chi connectivity index (χ3v) is 3.54. The molecule has 2 fully saturated rings. The molecule has 0 bridgehead atoms. The molecule has 0 aromatic rings. The fraction of sp³-hybridized carbons (Fsp3) is 1.00. The number of rotatable bonds is 7. The maximum atomic E-state index is 5.50. The molecule has 1 unspecified atom stereocenters. The molecule has 1 heterocycles. The van der Waals surface area contributed by atoms with Gasteiger partial charge in [-0.2, -0.15) is 0 Å². The molecule has 1 N–H and O–H groups in total. The van der Waals surface area contributed by atoms with Crippen LogP contribution in [0.4, 0.5) is 0 Å².